The molecule has 17 heavy (non-hydrogen) atoms. The maximum absolute atomic E-state index is 12.1. The predicted molar refractivity (Wildman–Crippen MR) is 72.2 cm³/mol. The maximum Gasteiger partial charge on any atom is 0.255 e. The summed E-state index contributed by atoms with van der Waals surface area (Å²) in [6.07, 6.45) is 0.837. The summed E-state index contributed by atoms with van der Waals surface area (Å²) in [5.41, 5.74) is 6.20. The Bertz CT molecular complexity index is 425. The molecule has 1 amide bonds. The molecule has 0 unspecified atom stereocenters. The Morgan fingerprint density at radius 2 is 2.12 bits per heavy atom. The lowest BCUT2D eigenvalue weighted by atomic mass is 10.2. The lowest BCUT2D eigenvalue weighted by Crippen LogP contribution is -2.32. The number of carbonyl (C=O) groups is 1. The van der Waals surface area contributed by atoms with E-state index in [9.17, 15) is 4.79 Å². The van der Waals surface area contributed by atoms with Crippen LogP contribution in [0.5, 0.6) is 0 Å². The van der Waals surface area contributed by atoms with Crippen molar-refractivity contribution in [2.45, 2.75) is 12.5 Å². The van der Waals surface area contributed by atoms with E-state index < -0.39 is 0 Å². The van der Waals surface area contributed by atoms with E-state index in [4.69, 9.17) is 28.9 Å². The lowest BCUT2D eigenvalue weighted by molar-refractivity contribution is 0.0791. The molecule has 94 valence electrons. The molecule has 0 aliphatic carbocycles. The van der Waals surface area contributed by atoms with Gasteiger partial charge >= 0.3 is 0 Å². The standard InChI is InChI=1S/C11H12Cl2N2O.ClH/c12-9-3-1-2-8(10(9)13)11(16)15-5-4-7(14)6-15;/h1-3,7H,4-6,14H2;1H/t7-;/m1./s1. The number of amides is 1. The van der Waals surface area contributed by atoms with E-state index in [0.717, 1.165) is 6.42 Å². The summed E-state index contributed by atoms with van der Waals surface area (Å²) in [6, 6.07) is 5.13. The van der Waals surface area contributed by atoms with Gasteiger partial charge in [0, 0.05) is 19.1 Å². The molecule has 1 aliphatic heterocycles. The first-order chi connectivity index (χ1) is 7.59. The molecule has 0 spiro atoms. The van der Waals surface area contributed by atoms with Crippen molar-refractivity contribution in [3.8, 4) is 0 Å². The molecule has 1 atom stereocenters. The number of benzene rings is 1. The van der Waals surface area contributed by atoms with Gasteiger partial charge in [0.25, 0.3) is 5.91 Å². The Labute approximate surface area is 116 Å². The van der Waals surface area contributed by atoms with Crippen LogP contribution in [0.25, 0.3) is 0 Å². The van der Waals surface area contributed by atoms with Crippen LogP contribution in [0.4, 0.5) is 0 Å². The minimum atomic E-state index is -0.0968. The monoisotopic (exact) mass is 294 g/mol. The van der Waals surface area contributed by atoms with Gasteiger partial charge in [-0.25, -0.2) is 0 Å². The van der Waals surface area contributed by atoms with Crippen molar-refractivity contribution in [1.29, 1.82) is 0 Å². The highest BCUT2D eigenvalue weighted by Crippen LogP contribution is 2.27. The molecule has 1 aromatic carbocycles. The van der Waals surface area contributed by atoms with Gasteiger partial charge in [0.2, 0.25) is 0 Å². The molecule has 0 saturated carbocycles. The topological polar surface area (TPSA) is 46.3 Å². The largest absolute Gasteiger partial charge is 0.337 e. The molecule has 1 aromatic rings. The van der Waals surface area contributed by atoms with E-state index in [1.807, 2.05) is 0 Å². The fourth-order valence-electron chi connectivity index (χ4n) is 1.81. The summed E-state index contributed by atoms with van der Waals surface area (Å²) < 4.78 is 0. The highest BCUT2D eigenvalue weighted by Gasteiger charge is 2.26. The fourth-order valence-corrected chi connectivity index (χ4v) is 2.19. The third kappa shape index (κ3) is 3.05. The fraction of sp³-hybridized carbons (Fsp3) is 0.364. The summed E-state index contributed by atoms with van der Waals surface area (Å²) in [5, 5.41) is 0.714. The van der Waals surface area contributed by atoms with Crippen LogP contribution in [0, 0.1) is 0 Å². The van der Waals surface area contributed by atoms with Gasteiger partial charge in [-0.3, -0.25) is 4.79 Å². The van der Waals surface area contributed by atoms with Gasteiger partial charge in [0.05, 0.1) is 15.6 Å². The van der Waals surface area contributed by atoms with Gasteiger partial charge in [-0.05, 0) is 18.6 Å². The van der Waals surface area contributed by atoms with Crippen molar-refractivity contribution in [2.24, 2.45) is 5.73 Å². The lowest BCUT2D eigenvalue weighted by Gasteiger charge is -2.16. The SMILES string of the molecule is Cl.N[C@@H]1CCN(C(=O)c2cccc(Cl)c2Cl)C1. The summed E-state index contributed by atoms with van der Waals surface area (Å²) in [7, 11) is 0. The quantitative estimate of drug-likeness (QED) is 0.865. The van der Waals surface area contributed by atoms with Crippen molar-refractivity contribution in [3.05, 3.63) is 33.8 Å². The molecular weight excluding hydrogens is 282 g/mol. The van der Waals surface area contributed by atoms with E-state index >= 15 is 0 Å². The minimum absolute atomic E-state index is 0. The number of carbonyl (C=O) groups excluding carboxylic acids is 1. The summed E-state index contributed by atoms with van der Waals surface area (Å²) in [6.45, 7) is 1.27. The third-order valence-electron chi connectivity index (χ3n) is 2.69. The molecule has 1 saturated heterocycles. The number of hydrogen-bond acceptors (Lipinski definition) is 2. The number of nitrogens with zero attached hydrogens (tertiary/aromatic N) is 1. The third-order valence-corrected chi connectivity index (χ3v) is 3.51. The second-order valence-electron chi connectivity index (χ2n) is 3.90. The Hall–Kier alpha value is -0.480. The number of rotatable bonds is 1. The average Bonchev–Trinajstić information content (AvgIpc) is 2.68. The molecule has 1 fully saturated rings. The Balaban J connectivity index is 0.00000144. The minimum Gasteiger partial charge on any atom is -0.337 e. The summed E-state index contributed by atoms with van der Waals surface area (Å²) in [5.74, 6) is -0.0968. The highest BCUT2D eigenvalue weighted by molar-refractivity contribution is 6.43. The van der Waals surface area contributed by atoms with Crippen molar-refractivity contribution in [2.75, 3.05) is 13.1 Å². The maximum atomic E-state index is 12.1. The van der Waals surface area contributed by atoms with Gasteiger partial charge < -0.3 is 10.6 Å². The Kier molecular flexibility index (Phi) is 5.07. The Morgan fingerprint density at radius 3 is 2.71 bits per heavy atom. The first kappa shape index (κ1) is 14.6. The van der Waals surface area contributed by atoms with Crippen LogP contribution in [-0.4, -0.2) is 29.9 Å². The first-order valence-electron chi connectivity index (χ1n) is 5.08. The number of hydrogen-bond donors (Lipinski definition) is 1. The molecule has 2 N–H and O–H groups in total. The molecular formula is C11H13Cl3N2O. The van der Waals surface area contributed by atoms with Crippen LogP contribution in [0.2, 0.25) is 10.0 Å². The second kappa shape index (κ2) is 5.91. The van der Waals surface area contributed by atoms with Gasteiger partial charge in [-0.2, -0.15) is 0 Å². The van der Waals surface area contributed by atoms with E-state index in [1.165, 1.54) is 0 Å². The Morgan fingerprint density at radius 1 is 1.41 bits per heavy atom. The van der Waals surface area contributed by atoms with E-state index in [-0.39, 0.29) is 24.4 Å². The van der Waals surface area contributed by atoms with E-state index in [2.05, 4.69) is 0 Å². The van der Waals surface area contributed by atoms with Crippen molar-refractivity contribution >= 4 is 41.5 Å². The number of halogens is 3. The number of nitrogens with two attached hydrogens (primary N) is 1. The van der Waals surface area contributed by atoms with Crippen LogP contribution in [0.15, 0.2) is 18.2 Å². The van der Waals surface area contributed by atoms with Crippen molar-refractivity contribution in [3.63, 3.8) is 0 Å². The summed E-state index contributed by atoms with van der Waals surface area (Å²) in [4.78, 5) is 13.8. The van der Waals surface area contributed by atoms with Crippen molar-refractivity contribution < 1.29 is 4.79 Å². The molecule has 0 aromatic heterocycles. The van der Waals surface area contributed by atoms with Crippen LogP contribution in [-0.2, 0) is 0 Å². The molecule has 1 heterocycles. The predicted octanol–water partition coefficient (Wildman–Crippen LogP) is 2.59. The molecule has 1 aliphatic rings. The van der Waals surface area contributed by atoms with Crippen LogP contribution in [0.1, 0.15) is 16.8 Å². The zero-order chi connectivity index (χ0) is 11.7. The molecule has 6 heteroatoms. The van der Waals surface area contributed by atoms with Gasteiger partial charge in [0.1, 0.15) is 0 Å². The molecule has 2 rings (SSSR count). The van der Waals surface area contributed by atoms with E-state index in [0.29, 0.717) is 28.7 Å². The molecule has 0 bridgehead atoms. The normalized spacial score (nSPS) is 19.0. The van der Waals surface area contributed by atoms with Crippen LogP contribution < -0.4 is 5.73 Å². The van der Waals surface area contributed by atoms with Crippen molar-refractivity contribution in [1.82, 2.24) is 4.90 Å². The molecule has 3 nitrogen and oxygen atoms in total. The summed E-state index contributed by atoms with van der Waals surface area (Å²) >= 11 is 11.9. The second-order valence-corrected chi connectivity index (χ2v) is 4.69. The average molecular weight is 296 g/mol. The van der Waals surface area contributed by atoms with Gasteiger partial charge in [-0.1, -0.05) is 29.3 Å². The van der Waals surface area contributed by atoms with E-state index in [1.54, 1.807) is 23.1 Å². The van der Waals surface area contributed by atoms with Crippen LogP contribution in [0.3, 0.4) is 0 Å². The zero-order valence-corrected chi connectivity index (χ0v) is 11.4. The number of likely N-dealkylation sites (tertiary alicyclic amines) is 1. The zero-order valence-electron chi connectivity index (χ0n) is 9.03. The first-order valence-corrected chi connectivity index (χ1v) is 5.84. The van der Waals surface area contributed by atoms with Crippen LogP contribution >= 0.6 is 35.6 Å². The van der Waals surface area contributed by atoms with Gasteiger partial charge in [0.15, 0.2) is 0 Å². The molecule has 0 radical (unpaired) electrons. The smallest absolute Gasteiger partial charge is 0.255 e. The van der Waals surface area contributed by atoms with Gasteiger partial charge in [-0.15, -0.1) is 12.4 Å². The highest BCUT2D eigenvalue weighted by atomic mass is 35.5.